The molecule has 3 nitrogen and oxygen atoms in total. The second-order valence-corrected chi connectivity index (χ2v) is 8.03. The Hall–Kier alpha value is -2.66. The molecule has 2 aromatic heterocycles. The monoisotopic (exact) mass is 391 g/mol. The summed E-state index contributed by atoms with van der Waals surface area (Å²) in [4.78, 5) is 9.33. The van der Waals surface area contributed by atoms with Gasteiger partial charge < -0.3 is 0 Å². The summed E-state index contributed by atoms with van der Waals surface area (Å²) in [5.74, 6) is 0.350. The highest BCUT2D eigenvalue weighted by Gasteiger charge is 2.15. The number of hydrogen-bond donors (Lipinski definition) is 0. The van der Waals surface area contributed by atoms with Crippen molar-refractivity contribution in [3.63, 3.8) is 0 Å². The number of aromatic nitrogens is 3. The lowest BCUT2D eigenvalue weighted by molar-refractivity contribution is 0.617. The van der Waals surface area contributed by atoms with Crippen LogP contribution in [-0.2, 0) is 12.3 Å². The van der Waals surface area contributed by atoms with Crippen LogP contribution in [0, 0.1) is 26.6 Å². The molecule has 4 rings (SSSR count). The Morgan fingerprint density at radius 2 is 1.75 bits per heavy atom. The van der Waals surface area contributed by atoms with Crippen molar-refractivity contribution in [2.45, 2.75) is 38.2 Å². The van der Waals surface area contributed by atoms with Crippen molar-refractivity contribution >= 4 is 22.9 Å². The number of nitrogens with zero attached hydrogens (tertiary/aromatic N) is 3. The molecule has 0 atom stereocenters. The van der Waals surface area contributed by atoms with Crippen LogP contribution in [0.1, 0.15) is 27.8 Å². The number of benzene rings is 2. The van der Waals surface area contributed by atoms with Gasteiger partial charge in [0.05, 0.1) is 6.54 Å². The van der Waals surface area contributed by atoms with Gasteiger partial charge in [-0.05, 0) is 61.2 Å². The first-order chi connectivity index (χ1) is 13.5. The minimum atomic E-state index is -0.180. The molecule has 0 radical (unpaired) electrons. The Kier molecular flexibility index (Phi) is 5.18. The van der Waals surface area contributed by atoms with Gasteiger partial charge in [0.2, 0.25) is 0 Å². The molecule has 0 N–H and O–H groups in total. The molecule has 0 aliphatic carbocycles. The summed E-state index contributed by atoms with van der Waals surface area (Å²) in [6.45, 7) is 7.11. The zero-order chi connectivity index (χ0) is 19.7. The molecule has 0 amide bonds. The van der Waals surface area contributed by atoms with Crippen LogP contribution in [0.15, 0.2) is 59.9 Å². The zero-order valence-corrected chi connectivity index (χ0v) is 17.1. The Labute approximate surface area is 168 Å². The minimum Gasteiger partial charge on any atom is -0.299 e. The van der Waals surface area contributed by atoms with Crippen LogP contribution in [0.2, 0.25) is 0 Å². The van der Waals surface area contributed by atoms with Crippen LogP contribution >= 0.6 is 11.8 Å². The second-order valence-electron chi connectivity index (χ2n) is 7.08. The van der Waals surface area contributed by atoms with Crippen molar-refractivity contribution in [2.24, 2.45) is 0 Å². The van der Waals surface area contributed by atoms with Crippen LogP contribution in [0.5, 0.6) is 0 Å². The molecular weight excluding hydrogens is 369 g/mol. The van der Waals surface area contributed by atoms with E-state index >= 15 is 0 Å². The highest BCUT2D eigenvalue weighted by molar-refractivity contribution is 7.98. The van der Waals surface area contributed by atoms with Gasteiger partial charge in [0, 0.05) is 11.9 Å². The molecule has 0 fully saturated rings. The van der Waals surface area contributed by atoms with E-state index in [1.807, 2.05) is 24.3 Å². The third kappa shape index (κ3) is 3.67. The van der Waals surface area contributed by atoms with E-state index in [0.29, 0.717) is 17.9 Å². The Balaban J connectivity index is 1.73. The van der Waals surface area contributed by atoms with E-state index in [9.17, 15) is 4.39 Å². The largest absolute Gasteiger partial charge is 0.299 e. The lowest BCUT2D eigenvalue weighted by Crippen LogP contribution is -2.06. The summed E-state index contributed by atoms with van der Waals surface area (Å²) in [5, 5.41) is 0.858. The highest BCUT2D eigenvalue weighted by atomic mass is 32.2. The first kappa shape index (κ1) is 18.7. The van der Waals surface area contributed by atoms with Crippen LogP contribution in [0.25, 0.3) is 11.2 Å². The number of hydrogen-bond acceptors (Lipinski definition) is 3. The normalized spacial score (nSPS) is 11.3. The van der Waals surface area contributed by atoms with E-state index < -0.39 is 0 Å². The SMILES string of the molecule is Cc1cc(C)c(Cn2c(SCc3ccccc3F)nc3cccnc32)c(C)c1. The maximum absolute atomic E-state index is 14.0. The van der Waals surface area contributed by atoms with Crippen LogP contribution in [-0.4, -0.2) is 14.5 Å². The van der Waals surface area contributed by atoms with Gasteiger partial charge in [-0.25, -0.2) is 14.4 Å². The molecular formula is C23H22FN3S. The van der Waals surface area contributed by atoms with E-state index in [-0.39, 0.29) is 5.82 Å². The number of rotatable bonds is 5. The lowest BCUT2D eigenvalue weighted by atomic mass is 10.00. The topological polar surface area (TPSA) is 30.7 Å². The van der Waals surface area contributed by atoms with Crippen molar-refractivity contribution in [1.29, 1.82) is 0 Å². The van der Waals surface area contributed by atoms with Crippen molar-refractivity contribution < 1.29 is 4.39 Å². The molecule has 0 spiro atoms. The van der Waals surface area contributed by atoms with Gasteiger partial charge in [0.1, 0.15) is 11.3 Å². The quantitative estimate of drug-likeness (QED) is 0.401. The van der Waals surface area contributed by atoms with Gasteiger partial charge in [-0.2, -0.15) is 0 Å². The van der Waals surface area contributed by atoms with Crippen molar-refractivity contribution in [3.8, 4) is 0 Å². The fourth-order valence-electron chi connectivity index (χ4n) is 3.57. The van der Waals surface area contributed by atoms with E-state index in [1.54, 1.807) is 24.0 Å². The summed E-state index contributed by atoms with van der Waals surface area (Å²) in [7, 11) is 0. The minimum absolute atomic E-state index is 0.180. The Morgan fingerprint density at radius 3 is 2.50 bits per heavy atom. The van der Waals surface area contributed by atoms with Crippen LogP contribution < -0.4 is 0 Å². The molecule has 0 aliphatic rings. The highest BCUT2D eigenvalue weighted by Crippen LogP contribution is 2.29. The van der Waals surface area contributed by atoms with E-state index in [4.69, 9.17) is 4.98 Å². The lowest BCUT2D eigenvalue weighted by Gasteiger charge is -2.14. The Bertz CT molecular complexity index is 1130. The van der Waals surface area contributed by atoms with E-state index in [1.165, 1.54) is 28.3 Å². The molecule has 0 saturated carbocycles. The van der Waals surface area contributed by atoms with E-state index in [2.05, 4.69) is 42.5 Å². The number of imidazole rings is 1. The third-order valence-corrected chi connectivity index (χ3v) is 5.97. The predicted octanol–water partition coefficient (Wildman–Crippen LogP) is 5.84. The first-order valence-electron chi connectivity index (χ1n) is 9.27. The summed E-state index contributed by atoms with van der Waals surface area (Å²) in [6, 6.07) is 15.2. The van der Waals surface area contributed by atoms with E-state index in [0.717, 1.165) is 16.3 Å². The van der Waals surface area contributed by atoms with Crippen molar-refractivity contribution in [2.75, 3.05) is 0 Å². The van der Waals surface area contributed by atoms with Gasteiger partial charge in [0.25, 0.3) is 0 Å². The molecule has 4 aromatic rings. The second kappa shape index (κ2) is 7.76. The van der Waals surface area contributed by atoms with Crippen LogP contribution in [0.3, 0.4) is 0 Å². The molecule has 5 heteroatoms. The van der Waals surface area contributed by atoms with Crippen molar-refractivity contribution in [1.82, 2.24) is 14.5 Å². The zero-order valence-electron chi connectivity index (χ0n) is 16.2. The molecule has 2 heterocycles. The summed E-state index contributed by atoms with van der Waals surface area (Å²) >= 11 is 1.55. The number of thioether (sulfide) groups is 1. The van der Waals surface area contributed by atoms with Gasteiger partial charge in [0.15, 0.2) is 10.8 Å². The maximum Gasteiger partial charge on any atom is 0.170 e. The number of aryl methyl sites for hydroxylation is 3. The van der Waals surface area contributed by atoms with Gasteiger partial charge >= 0.3 is 0 Å². The van der Waals surface area contributed by atoms with Crippen LogP contribution in [0.4, 0.5) is 4.39 Å². The third-order valence-electron chi connectivity index (χ3n) is 4.94. The van der Waals surface area contributed by atoms with Gasteiger partial charge in [-0.15, -0.1) is 0 Å². The Morgan fingerprint density at radius 1 is 1.00 bits per heavy atom. The maximum atomic E-state index is 14.0. The van der Waals surface area contributed by atoms with Gasteiger partial charge in [-0.1, -0.05) is 47.7 Å². The fourth-order valence-corrected chi connectivity index (χ4v) is 4.55. The average molecular weight is 392 g/mol. The van der Waals surface area contributed by atoms with Crippen molar-refractivity contribution in [3.05, 3.63) is 88.4 Å². The predicted molar refractivity (Wildman–Crippen MR) is 113 cm³/mol. The first-order valence-corrected chi connectivity index (χ1v) is 10.3. The molecule has 2 aromatic carbocycles. The molecule has 0 saturated heterocycles. The standard InChI is InChI=1S/C23H22FN3S/c1-15-11-16(2)19(17(3)12-15)13-27-22-21(9-6-10-25-22)26-23(27)28-14-18-7-4-5-8-20(18)24/h4-12H,13-14H2,1-3H3. The fraction of sp³-hybridized carbons (Fsp3) is 0.217. The molecule has 0 bridgehead atoms. The summed E-state index contributed by atoms with van der Waals surface area (Å²) in [5.41, 5.74) is 7.48. The average Bonchev–Trinajstić information content (AvgIpc) is 3.01. The number of pyridine rings is 1. The molecule has 142 valence electrons. The van der Waals surface area contributed by atoms with Gasteiger partial charge in [-0.3, -0.25) is 4.57 Å². The number of fused-ring (bicyclic) bond motifs is 1. The molecule has 0 aliphatic heterocycles. The molecule has 28 heavy (non-hydrogen) atoms. The summed E-state index contributed by atoms with van der Waals surface area (Å²) < 4.78 is 16.2. The smallest absolute Gasteiger partial charge is 0.170 e. The summed E-state index contributed by atoms with van der Waals surface area (Å²) in [6.07, 6.45) is 1.79. The molecule has 0 unspecified atom stereocenters. The number of halogens is 1.